The van der Waals surface area contributed by atoms with E-state index in [4.69, 9.17) is 4.74 Å². The fraction of sp³-hybridized carbons (Fsp3) is 0.324. The molecule has 4 aromatic rings. The minimum absolute atomic E-state index is 0.159. The van der Waals surface area contributed by atoms with Crippen LogP contribution in [0, 0.1) is 24.7 Å². The maximum absolute atomic E-state index is 14.3. The first-order chi connectivity index (χ1) is 23.6. The van der Waals surface area contributed by atoms with Gasteiger partial charge in [0.2, 0.25) is 0 Å². The van der Waals surface area contributed by atoms with Crippen LogP contribution in [0.3, 0.4) is 0 Å². The van der Waals surface area contributed by atoms with Crippen LogP contribution in [0.4, 0.5) is 5.69 Å². The molecule has 1 fully saturated rings. The minimum Gasteiger partial charge on any atom is -0.466 e. The summed E-state index contributed by atoms with van der Waals surface area (Å²) in [6.45, 7) is 6.07. The van der Waals surface area contributed by atoms with Crippen molar-refractivity contribution < 1.29 is 23.3 Å². The van der Waals surface area contributed by atoms with E-state index in [9.17, 15) is 18.6 Å². The molecule has 254 valence electrons. The number of hydrogen-bond donors (Lipinski definition) is 1. The van der Waals surface area contributed by atoms with E-state index in [2.05, 4.69) is 36.5 Å². The number of ether oxygens (including phenoxy) is 1. The van der Waals surface area contributed by atoms with Crippen LogP contribution in [0.5, 0.6) is 0 Å². The number of hydrogen-bond acceptors (Lipinski definition) is 8. The highest BCUT2D eigenvalue weighted by molar-refractivity contribution is 7.94. The number of aromatic nitrogens is 3. The molecule has 1 aliphatic heterocycles. The van der Waals surface area contributed by atoms with E-state index in [1.54, 1.807) is 68.6 Å². The van der Waals surface area contributed by atoms with Crippen LogP contribution in [0.2, 0.25) is 0 Å². The Bertz CT molecular complexity index is 2010. The van der Waals surface area contributed by atoms with E-state index < -0.39 is 15.6 Å². The van der Waals surface area contributed by atoms with Crippen molar-refractivity contribution in [3.8, 4) is 11.8 Å². The SMILES string of the molecule is CCOC(=O)C1CCCN(CCCS(=O)(=NC(=O)c2cncc(C#Cc3cccc(NC(=O)c4cc(C)nn4C)c3)c2)c2ccccc2)C1. The average Bonchev–Trinajstić information content (AvgIpc) is 3.45. The van der Waals surface area contributed by atoms with Crippen molar-refractivity contribution >= 4 is 33.2 Å². The highest BCUT2D eigenvalue weighted by Crippen LogP contribution is 2.21. The molecule has 0 aliphatic carbocycles. The van der Waals surface area contributed by atoms with Gasteiger partial charge in [0.1, 0.15) is 5.69 Å². The summed E-state index contributed by atoms with van der Waals surface area (Å²) < 4.78 is 25.4. The first-order valence-electron chi connectivity index (χ1n) is 16.3. The Morgan fingerprint density at radius 2 is 1.84 bits per heavy atom. The topological polar surface area (TPSA) is 136 Å². The van der Waals surface area contributed by atoms with Gasteiger partial charge in [-0.15, -0.1) is 0 Å². The van der Waals surface area contributed by atoms with Gasteiger partial charge in [-0.1, -0.05) is 36.1 Å². The van der Waals surface area contributed by atoms with Gasteiger partial charge in [-0.2, -0.15) is 9.46 Å². The van der Waals surface area contributed by atoms with Crippen LogP contribution in [-0.4, -0.2) is 73.7 Å². The third-order valence-electron chi connectivity index (χ3n) is 8.05. The molecule has 2 aromatic carbocycles. The molecule has 2 atom stereocenters. The van der Waals surface area contributed by atoms with Crippen LogP contribution in [0.25, 0.3) is 0 Å². The number of anilines is 1. The van der Waals surface area contributed by atoms with Crippen molar-refractivity contribution in [2.75, 3.05) is 37.3 Å². The van der Waals surface area contributed by atoms with Crippen molar-refractivity contribution in [1.82, 2.24) is 19.7 Å². The number of rotatable bonds is 10. The fourth-order valence-electron chi connectivity index (χ4n) is 5.69. The largest absolute Gasteiger partial charge is 0.466 e. The molecule has 1 aliphatic rings. The van der Waals surface area contributed by atoms with E-state index in [0.29, 0.717) is 53.5 Å². The molecule has 0 spiro atoms. The Balaban J connectivity index is 1.29. The predicted molar refractivity (Wildman–Crippen MR) is 187 cm³/mol. The van der Waals surface area contributed by atoms with Gasteiger partial charge in [0, 0.05) is 53.4 Å². The van der Waals surface area contributed by atoms with Gasteiger partial charge in [-0.3, -0.25) is 24.0 Å². The van der Waals surface area contributed by atoms with Gasteiger partial charge in [0.15, 0.2) is 0 Å². The van der Waals surface area contributed by atoms with E-state index in [-0.39, 0.29) is 29.1 Å². The van der Waals surface area contributed by atoms with E-state index in [1.807, 2.05) is 19.1 Å². The van der Waals surface area contributed by atoms with Gasteiger partial charge >= 0.3 is 5.97 Å². The summed E-state index contributed by atoms with van der Waals surface area (Å²) in [4.78, 5) is 45.3. The van der Waals surface area contributed by atoms with Crippen molar-refractivity contribution in [2.45, 2.75) is 38.0 Å². The standard InChI is InChI=1S/C37H40N6O5S/c1-4-48-37(46)30-12-9-18-43(26-30)19-10-20-49(47,33-14-6-5-7-15-33)41-35(44)31-22-29(24-38-25-31)17-16-28-11-8-13-32(23-28)39-36(45)34-21-27(2)40-42(34)3/h5-8,11,13-15,21-25,30H,4,9-10,12,18-20,26H2,1-3H3,(H,39,45). The number of aryl methyl sites for hydroxylation is 2. The zero-order valence-corrected chi connectivity index (χ0v) is 28.7. The Morgan fingerprint density at radius 1 is 1.04 bits per heavy atom. The van der Waals surface area contributed by atoms with Crippen molar-refractivity contribution in [3.63, 3.8) is 0 Å². The summed E-state index contributed by atoms with van der Waals surface area (Å²) in [5.74, 6) is 5.01. The lowest BCUT2D eigenvalue weighted by Crippen LogP contribution is -2.40. The lowest BCUT2D eigenvalue weighted by atomic mass is 9.98. The third kappa shape index (κ3) is 9.49. The molecular formula is C37H40N6O5S. The van der Waals surface area contributed by atoms with Crippen LogP contribution in [-0.2, 0) is 26.3 Å². The maximum atomic E-state index is 14.3. The molecule has 1 saturated heterocycles. The summed E-state index contributed by atoms with van der Waals surface area (Å²) in [6.07, 6.45) is 5.15. The quantitative estimate of drug-likeness (QED) is 0.180. The first-order valence-corrected chi connectivity index (χ1v) is 17.9. The second-order valence-electron chi connectivity index (χ2n) is 11.8. The van der Waals surface area contributed by atoms with Crippen molar-refractivity contribution in [1.29, 1.82) is 0 Å². The number of esters is 1. The number of nitrogens with one attached hydrogen (secondary N) is 1. The zero-order valence-electron chi connectivity index (χ0n) is 27.9. The molecule has 0 radical (unpaired) electrons. The summed E-state index contributed by atoms with van der Waals surface area (Å²) in [5.41, 5.74) is 3.07. The van der Waals surface area contributed by atoms with Crippen LogP contribution in [0.15, 0.2) is 88.4 Å². The van der Waals surface area contributed by atoms with Gasteiger partial charge in [0.05, 0.1) is 33.5 Å². The van der Waals surface area contributed by atoms with Crippen molar-refractivity contribution in [3.05, 3.63) is 107 Å². The number of carbonyl (C=O) groups excluding carboxylic acids is 3. The number of carbonyl (C=O) groups is 3. The number of pyridine rings is 1. The first kappa shape index (κ1) is 35.2. The van der Waals surface area contributed by atoms with Crippen molar-refractivity contribution in [2.24, 2.45) is 17.3 Å². The Hall–Kier alpha value is -5.12. The Labute approximate surface area is 287 Å². The molecule has 0 saturated carbocycles. The monoisotopic (exact) mass is 680 g/mol. The maximum Gasteiger partial charge on any atom is 0.310 e. The highest BCUT2D eigenvalue weighted by Gasteiger charge is 2.27. The molecule has 2 amide bonds. The smallest absolute Gasteiger partial charge is 0.310 e. The molecule has 12 heteroatoms. The van der Waals surface area contributed by atoms with E-state index in [1.165, 1.54) is 17.1 Å². The third-order valence-corrected chi connectivity index (χ3v) is 10.4. The molecule has 2 unspecified atom stereocenters. The summed E-state index contributed by atoms with van der Waals surface area (Å²) in [6, 6.07) is 19.2. The van der Waals surface area contributed by atoms with E-state index in [0.717, 1.165) is 25.1 Å². The Morgan fingerprint density at radius 3 is 2.59 bits per heavy atom. The molecule has 49 heavy (non-hydrogen) atoms. The Kier molecular flexibility index (Phi) is 11.7. The second kappa shape index (κ2) is 16.3. The van der Waals surface area contributed by atoms with Gasteiger partial charge < -0.3 is 15.0 Å². The van der Waals surface area contributed by atoms with Gasteiger partial charge in [-0.25, -0.2) is 4.21 Å². The van der Waals surface area contributed by atoms with Crippen LogP contribution in [0.1, 0.15) is 63.9 Å². The van der Waals surface area contributed by atoms with Crippen LogP contribution >= 0.6 is 0 Å². The summed E-state index contributed by atoms with van der Waals surface area (Å²) >= 11 is 0. The molecule has 11 nitrogen and oxygen atoms in total. The summed E-state index contributed by atoms with van der Waals surface area (Å²) in [7, 11) is -1.39. The van der Waals surface area contributed by atoms with Gasteiger partial charge in [0.25, 0.3) is 11.8 Å². The number of likely N-dealkylation sites (tertiary alicyclic amines) is 1. The van der Waals surface area contributed by atoms with Crippen LogP contribution < -0.4 is 5.32 Å². The molecule has 3 heterocycles. The van der Waals surface area contributed by atoms with Gasteiger partial charge in [-0.05, 0) is 88.7 Å². The highest BCUT2D eigenvalue weighted by atomic mass is 32.2. The summed E-state index contributed by atoms with van der Waals surface area (Å²) in [5, 5.41) is 7.09. The lowest BCUT2D eigenvalue weighted by molar-refractivity contribution is -0.149. The molecule has 2 aromatic heterocycles. The number of benzene rings is 2. The molecule has 0 bridgehead atoms. The molecule has 1 N–H and O–H groups in total. The second-order valence-corrected chi connectivity index (χ2v) is 14.2. The zero-order chi connectivity index (χ0) is 34.8. The molecular weight excluding hydrogens is 641 g/mol. The fourth-order valence-corrected chi connectivity index (χ4v) is 7.60. The normalized spacial score (nSPS) is 15.7. The van der Waals surface area contributed by atoms with E-state index >= 15 is 0 Å². The lowest BCUT2D eigenvalue weighted by Gasteiger charge is -2.31. The number of piperidine rings is 1. The average molecular weight is 681 g/mol. The minimum atomic E-state index is -3.11. The molecule has 5 rings (SSSR count). The number of amides is 2. The predicted octanol–water partition coefficient (Wildman–Crippen LogP) is 5.11. The number of nitrogens with zero attached hydrogens (tertiary/aromatic N) is 5.